The van der Waals surface area contributed by atoms with E-state index in [0.29, 0.717) is 23.7 Å². The quantitative estimate of drug-likeness (QED) is 0.240. The second kappa shape index (κ2) is 11.6. The predicted molar refractivity (Wildman–Crippen MR) is 147 cm³/mol. The molecule has 3 saturated heterocycles. The molecule has 4 rings (SSSR count). The minimum Gasteiger partial charge on any atom is -0.465 e. The van der Waals surface area contributed by atoms with Crippen LogP contribution >= 0.6 is 23.4 Å². The van der Waals surface area contributed by atoms with Gasteiger partial charge in [0.1, 0.15) is 6.04 Å². The van der Waals surface area contributed by atoms with Crippen LogP contribution in [-0.2, 0) is 19.1 Å². The molecule has 0 aromatic heterocycles. The molecule has 3 heterocycles. The third-order valence-electron chi connectivity index (χ3n) is 7.75. The monoisotopic (exact) mass is 546 g/mol. The molecule has 2 bridgehead atoms. The zero-order valence-corrected chi connectivity index (χ0v) is 22.8. The first kappa shape index (κ1) is 27.7. The Bertz CT molecular complexity index is 1050. The Morgan fingerprint density at radius 2 is 2.03 bits per heavy atom. The number of rotatable bonds is 12. The molecule has 3 aliphatic rings. The first-order chi connectivity index (χ1) is 17.8. The lowest BCUT2D eigenvalue weighted by Crippen LogP contribution is -2.57. The molecule has 3 fully saturated rings. The first-order valence-corrected chi connectivity index (χ1v) is 14.1. The third-order valence-corrected chi connectivity index (χ3v) is 9.95. The zero-order chi connectivity index (χ0) is 26.7. The maximum absolute atomic E-state index is 14.3. The maximum atomic E-state index is 14.3. The van der Waals surface area contributed by atoms with E-state index in [0.717, 1.165) is 25.7 Å². The van der Waals surface area contributed by atoms with Crippen LogP contribution in [0, 0.1) is 11.8 Å². The van der Waals surface area contributed by atoms with E-state index in [1.54, 1.807) is 53.9 Å². The van der Waals surface area contributed by atoms with Crippen molar-refractivity contribution in [2.75, 3.05) is 24.7 Å². The van der Waals surface area contributed by atoms with Crippen molar-refractivity contribution in [2.24, 2.45) is 11.8 Å². The number of fused-ring (bicyclic) bond motifs is 1. The molecule has 7 nitrogen and oxygen atoms in total. The van der Waals surface area contributed by atoms with Crippen LogP contribution in [-0.4, -0.2) is 69.6 Å². The summed E-state index contributed by atoms with van der Waals surface area (Å²) in [4.78, 5) is 44.7. The number of thioether (sulfide) groups is 1. The van der Waals surface area contributed by atoms with Gasteiger partial charge in [0.15, 0.2) is 0 Å². The van der Waals surface area contributed by atoms with Crippen molar-refractivity contribution in [1.82, 2.24) is 4.90 Å². The maximum Gasteiger partial charge on any atom is 0.310 e. The number of nitrogens with zero attached hydrogens (tertiary/aromatic N) is 2. The van der Waals surface area contributed by atoms with Crippen molar-refractivity contribution in [3.8, 4) is 0 Å². The first-order valence-electron chi connectivity index (χ1n) is 12.9. The lowest BCUT2D eigenvalue weighted by Gasteiger charge is -2.38. The van der Waals surface area contributed by atoms with E-state index in [2.05, 4.69) is 13.2 Å². The van der Waals surface area contributed by atoms with Gasteiger partial charge in [-0.15, -0.1) is 24.9 Å². The summed E-state index contributed by atoms with van der Waals surface area (Å²) in [5, 5.41) is 10.5. The van der Waals surface area contributed by atoms with Gasteiger partial charge in [0.05, 0.1) is 35.8 Å². The third kappa shape index (κ3) is 4.95. The number of aliphatic hydroxyl groups is 1. The normalized spacial score (nSPS) is 28.6. The van der Waals surface area contributed by atoms with Gasteiger partial charge in [0, 0.05) is 22.5 Å². The Balaban J connectivity index is 1.66. The number of carbonyl (C=O) groups is 3. The SMILES string of the molecule is C=CCCCCOC(=O)[C@@H]1[C@@H]2CCC3(S2)C(C(=O)N(CC=C)c2ccc(Cl)cc2)N([C@H](C)CO)C(=O)[C@H]13. The summed E-state index contributed by atoms with van der Waals surface area (Å²) in [7, 11) is 0. The molecule has 200 valence electrons. The van der Waals surface area contributed by atoms with Gasteiger partial charge < -0.3 is 19.6 Å². The Labute approximate surface area is 227 Å². The van der Waals surface area contributed by atoms with Crippen LogP contribution in [0.2, 0.25) is 5.02 Å². The van der Waals surface area contributed by atoms with Gasteiger partial charge in [-0.3, -0.25) is 14.4 Å². The topological polar surface area (TPSA) is 87.2 Å². The van der Waals surface area contributed by atoms with E-state index in [1.165, 1.54) is 4.90 Å². The van der Waals surface area contributed by atoms with Crippen molar-refractivity contribution in [2.45, 2.75) is 61.1 Å². The average molecular weight is 547 g/mol. The molecule has 37 heavy (non-hydrogen) atoms. The fourth-order valence-corrected chi connectivity index (χ4v) is 8.39. The fraction of sp³-hybridized carbons (Fsp3) is 0.536. The van der Waals surface area contributed by atoms with Crippen molar-refractivity contribution < 1.29 is 24.2 Å². The fourth-order valence-electron chi connectivity index (χ4n) is 6.08. The molecule has 1 aromatic carbocycles. The summed E-state index contributed by atoms with van der Waals surface area (Å²) >= 11 is 7.66. The zero-order valence-electron chi connectivity index (χ0n) is 21.2. The molecule has 1 spiro atoms. The standard InChI is InChI=1S/C28H35ClN2O5S/c1-4-6-7-8-16-36-27(35)22-21-13-14-28(37-21)23(22)25(33)31(18(3)17-32)24(28)26(34)30(15-5-2)20-11-9-19(29)10-12-20/h4-5,9-12,18,21-24,32H,1-2,6-8,13-17H2,3H3/t18-,21+,22-,23+,24?,28?/m1/s1. The van der Waals surface area contributed by atoms with Gasteiger partial charge in [-0.25, -0.2) is 0 Å². The molecule has 2 amide bonds. The number of unbranched alkanes of at least 4 members (excludes halogenated alkanes) is 2. The van der Waals surface area contributed by atoms with Gasteiger partial charge in [0.25, 0.3) is 5.91 Å². The molecule has 1 aromatic rings. The Hall–Kier alpha value is -2.29. The number of hydrogen-bond acceptors (Lipinski definition) is 6. The van der Waals surface area contributed by atoms with Gasteiger partial charge in [-0.05, 0) is 63.3 Å². The Morgan fingerprint density at radius 1 is 1.30 bits per heavy atom. The van der Waals surface area contributed by atoms with Crippen LogP contribution in [0.25, 0.3) is 0 Å². The van der Waals surface area contributed by atoms with Gasteiger partial charge in [-0.1, -0.05) is 23.8 Å². The average Bonchev–Trinajstić information content (AvgIpc) is 3.54. The number of esters is 1. The second-order valence-electron chi connectivity index (χ2n) is 10.00. The van der Waals surface area contributed by atoms with Crippen LogP contribution in [0.15, 0.2) is 49.6 Å². The van der Waals surface area contributed by atoms with Crippen molar-refractivity contribution in [3.63, 3.8) is 0 Å². The lowest BCUT2D eigenvalue weighted by molar-refractivity contribution is -0.154. The second-order valence-corrected chi connectivity index (χ2v) is 12.0. The molecule has 6 atom stereocenters. The number of ether oxygens (including phenoxy) is 1. The van der Waals surface area contributed by atoms with Crippen LogP contribution in [0.5, 0.6) is 0 Å². The number of benzene rings is 1. The molecule has 2 unspecified atom stereocenters. The molecule has 0 radical (unpaired) electrons. The Kier molecular flexibility index (Phi) is 8.71. The molecular weight excluding hydrogens is 512 g/mol. The summed E-state index contributed by atoms with van der Waals surface area (Å²) in [6.45, 7) is 9.53. The number of anilines is 1. The number of aliphatic hydroxyl groups excluding tert-OH is 1. The molecule has 9 heteroatoms. The molecular formula is C28H35ClN2O5S. The van der Waals surface area contributed by atoms with Crippen molar-refractivity contribution in [1.29, 1.82) is 0 Å². The summed E-state index contributed by atoms with van der Waals surface area (Å²) in [5.41, 5.74) is 0.645. The van der Waals surface area contributed by atoms with Crippen LogP contribution in [0.4, 0.5) is 5.69 Å². The summed E-state index contributed by atoms with van der Waals surface area (Å²) in [6.07, 6.45) is 7.34. The Morgan fingerprint density at radius 3 is 2.68 bits per heavy atom. The molecule has 1 N–H and O–H groups in total. The van der Waals surface area contributed by atoms with E-state index in [4.69, 9.17) is 16.3 Å². The highest BCUT2D eigenvalue weighted by atomic mass is 35.5. The van der Waals surface area contributed by atoms with Gasteiger partial charge in [0.2, 0.25) is 5.91 Å². The van der Waals surface area contributed by atoms with Gasteiger partial charge >= 0.3 is 5.97 Å². The summed E-state index contributed by atoms with van der Waals surface area (Å²) in [6, 6.07) is 5.57. The number of likely N-dealkylation sites (tertiary alicyclic amines) is 1. The van der Waals surface area contributed by atoms with Crippen LogP contribution in [0.3, 0.4) is 0 Å². The van der Waals surface area contributed by atoms with Crippen molar-refractivity contribution >= 4 is 46.8 Å². The number of halogens is 1. The van der Waals surface area contributed by atoms with Crippen molar-refractivity contribution in [3.05, 3.63) is 54.6 Å². The smallest absolute Gasteiger partial charge is 0.310 e. The largest absolute Gasteiger partial charge is 0.465 e. The predicted octanol–water partition coefficient (Wildman–Crippen LogP) is 4.23. The highest BCUT2D eigenvalue weighted by Gasteiger charge is 2.74. The molecule has 0 saturated carbocycles. The molecule has 0 aliphatic carbocycles. The van der Waals surface area contributed by atoms with E-state index >= 15 is 0 Å². The number of carbonyl (C=O) groups excluding carboxylic acids is 3. The highest BCUT2D eigenvalue weighted by molar-refractivity contribution is 8.02. The van der Waals surface area contributed by atoms with E-state index < -0.39 is 28.7 Å². The molecule has 3 aliphatic heterocycles. The van der Waals surface area contributed by atoms with E-state index in [9.17, 15) is 19.5 Å². The lowest BCUT2D eigenvalue weighted by atomic mass is 9.71. The van der Waals surface area contributed by atoms with Gasteiger partial charge in [-0.2, -0.15) is 0 Å². The van der Waals surface area contributed by atoms with E-state index in [1.807, 2.05) is 6.08 Å². The minimum atomic E-state index is -0.817. The highest BCUT2D eigenvalue weighted by Crippen LogP contribution is 2.67. The summed E-state index contributed by atoms with van der Waals surface area (Å²) in [5.74, 6) is -2.11. The van der Waals surface area contributed by atoms with Crippen LogP contribution < -0.4 is 4.90 Å². The number of hydrogen-bond donors (Lipinski definition) is 1. The number of amides is 2. The van der Waals surface area contributed by atoms with E-state index in [-0.39, 0.29) is 36.2 Å². The number of allylic oxidation sites excluding steroid dienone is 1. The summed E-state index contributed by atoms with van der Waals surface area (Å²) < 4.78 is 4.89. The minimum absolute atomic E-state index is 0.0695. The van der Waals surface area contributed by atoms with Crippen LogP contribution in [0.1, 0.15) is 39.0 Å².